The smallest absolute Gasteiger partial charge is 0.123 e. The van der Waals surface area contributed by atoms with Crippen LogP contribution < -0.4 is 10.5 Å². The van der Waals surface area contributed by atoms with Gasteiger partial charge in [-0.1, -0.05) is 29.3 Å². The zero-order chi connectivity index (χ0) is 14.5. The van der Waals surface area contributed by atoms with Gasteiger partial charge in [-0.15, -0.1) is 11.8 Å². The van der Waals surface area contributed by atoms with E-state index in [0.29, 0.717) is 5.02 Å². The van der Waals surface area contributed by atoms with Gasteiger partial charge in [0.05, 0.1) is 7.11 Å². The van der Waals surface area contributed by atoms with Crippen molar-refractivity contribution >= 4 is 23.4 Å². The summed E-state index contributed by atoms with van der Waals surface area (Å²) in [7, 11) is 1.65. The van der Waals surface area contributed by atoms with E-state index in [0.717, 1.165) is 17.1 Å². The summed E-state index contributed by atoms with van der Waals surface area (Å²) in [6, 6.07) is 13.8. The van der Waals surface area contributed by atoms with Crippen LogP contribution in [0.1, 0.15) is 17.2 Å². The zero-order valence-electron chi connectivity index (χ0n) is 11.6. The third-order valence-corrected chi connectivity index (χ3v) is 4.36. The highest BCUT2D eigenvalue weighted by atomic mass is 35.5. The van der Waals surface area contributed by atoms with Crippen LogP contribution >= 0.6 is 23.4 Å². The Bertz CT molecular complexity index is 588. The molecule has 0 aliphatic carbocycles. The molecule has 2 aromatic rings. The van der Waals surface area contributed by atoms with Gasteiger partial charge in [-0.2, -0.15) is 0 Å². The fourth-order valence-electron chi connectivity index (χ4n) is 1.98. The van der Waals surface area contributed by atoms with Gasteiger partial charge in [-0.25, -0.2) is 0 Å². The lowest BCUT2D eigenvalue weighted by Gasteiger charge is -2.16. The molecule has 0 bridgehead atoms. The average molecular weight is 308 g/mol. The number of aryl methyl sites for hydroxylation is 1. The highest BCUT2D eigenvalue weighted by Gasteiger charge is 2.13. The molecule has 2 nitrogen and oxygen atoms in total. The monoisotopic (exact) mass is 307 g/mol. The fraction of sp³-hybridized carbons (Fsp3) is 0.250. The van der Waals surface area contributed by atoms with Gasteiger partial charge in [0.2, 0.25) is 0 Å². The van der Waals surface area contributed by atoms with E-state index < -0.39 is 0 Å². The molecule has 2 N–H and O–H groups in total. The molecule has 0 spiro atoms. The molecule has 0 amide bonds. The summed E-state index contributed by atoms with van der Waals surface area (Å²) >= 11 is 7.78. The third kappa shape index (κ3) is 3.92. The summed E-state index contributed by atoms with van der Waals surface area (Å²) in [6.07, 6.45) is 0. The Hall–Kier alpha value is -1.16. The molecule has 1 unspecified atom stereocenters. The topological polar surface area (TPSA) is 35.2 Å². The summed E-state index contributed by atoms with van der Waals surface area (Å²) in [4.78, 5) is 1.22. The highest BCUT2D eigenvalue weighted by Crippen LogP contribution is 2.31. The van der Waals surface area contributed by atoms with Crippen molar-refractivity contribution in [1.29, 1.82) is 0 Å². The average Bonchev–Trinajstić information content (AvgIpc) is 2.45. The van der Waals surface area contributed by atoms with Crippen molar-refractivity contribution < 1.29 is 4.74 Å². The largest absolute Gasteiger partial charge is 0.496 e. The van der Waals surface area contributed by atoms with Crippen molar-refractivity contribution in [2.75, 3.05) is 12.9 Å². The summed E-state index contributed by atoms with van der Waals surface area (Å²) in [5.74, 6) is 1.56. The van der Waals surface area contributed by atoms with Gasteiger partial charge in [0.1, 0.15) is 5.75 Å². The second-order valence-corrected chi connectivity index (χ2v) is 6.15. The second-order valence-electron chi connectivity index (χ2n) is 4.62. The molecule has 0 aliphatic heterocycles. The van der Waals surface area contributed by atoms with Crippen LogP contribution in [0.25, 0.3) is 0 Å². The molecule has 4 heteroatoms. The number of ether oxygens (including phenoxy) is 1. The number of halogens is 1. The first kappa shape index (κ1) is 15.2. The lowest BCUT2D eigenvalue weighted by molar-refractivity contribution is 0.407. The van der Waals surface area contributed by atoms with Crippen LogP contribution in [0.3, 0.4) is 0 Å². The van der Waals surface area contributed by atoms with Crippen molar-refractivity contribution in [2.45, 2.75) is 17.9 Å². The van der Waals surface area contributed by atoms with Crippen molar-refractivity contribution in [3.05, 3.63) is 58.6 Å². The maximum atomic E-state index is 6.27. The van der Waals surface area contributed by atoms with Crippen molar-refractivity contribution in [1.82, 2.24) is 0 Å². The fourth-order valence-corrected chi connectivity index (χ4v) is 3.15. The molecule has 0 saturated carbocycles. The second kappa shape index (κ2) is 7.02. The van der Waals surface area contributed by atoms with Gasteiger partial charge in [-0.3, -0.25) is 0 Å². The number of methoxy groups -OCH3 is 1. The van der Waals surface area contributed by atoms with E-state index in [2.05, 4.69) is 31.2 Å². The number of thioether (sulfide) groups is 1. The first-order chi connectivity index (χ1) is 9.60. The molecule has 0 saturated heterocycles. The van der Waals surface area contributed by atoms with E-state index in [9.17, 15) is 0 Å². The van der Waals surface area contributed by atoms with E-state index in [1.807, 2.05) is 18.2 Å². The quantitative estimate of drug-likeness (QED) is 0.829. The number of rotatable bonds is 5. The van der Waals surface area contributed by atoms with Gasteiger partial charge < -0.3 is 10.5 Å². The Morgan fingerprint density at radius 3 is 2.75 bits per heavy atom. The lowest BCUT2D eigenvalue weighted by atomic mass is 10.1. The predicted octanol–water partition coefficient (Wildman–Crippen LogP) is 4.45. The van der Waals surface area contributed by atoms with Crippen molar-refractivity contribution in [2.24, 2.45) is 5.73 Å². The molecule has 0 aromatic heterocycles. The number of nitrogens with two attached hydrogens (primary N) is 1. The van der Waals surface area contributed by atoms with E-state index in [1.165, 1.54) is 10.5 Å². The Morgan fingerprint density at radius 1 is 1.25 bits per heavy atom. The Balaban J connectivity index is 2.08. The van der Waals surface area contributed by atoms with Gasteiger partial charge in [0, 0.05) is 27.3 Å². The summed E-state index contributed by atoms with van der Waals surface area (Å²) in [5, 5.41) is 0.678. The molecule has 0 radical (unpaired) electrons. The van der Waals surface area contributed by atoms with Crippen LogP contribution in [-0.4, -0.2) is 12.9 Å². The van der Waals surface area contributed by atoms with E-state index in [-0.39, 0.29) is 6.04 Å². The lowest BCUT2D eigenvalue weighted by Crippen LogP contribution is -2.14. The zero-order valence-corrected chi connectivity index (χ0v) is 13.2. The number of benzene rings is 2. The van der Waals surface area contributed by atoms with Gasteiger partial charge in [-0.05, 0) is 37.3 Å². The molecule has 2 aromatic carbocycles. The maximum absolute atomic E-state index is 6.27. The van der Waals surface area contributed by atoms with Gasteiger partial charge >= 0.3 is 0 Å². The maximum Gasteiger partial charge on any atom is 0.123 e. The van der Waals surface area contributed by atoms with Crippen LogP contribution in [-0.2, 0) is 0 Å². The minimum absolute atomic E-state index is 0.117. The molecule has 0 fully saturated rings. The van der Waals surface area contributed by atoms with E-state index in [4.69, 9.17) is 22.1 Å². The van der Waals surface area contributed by atoms with E-state index >= 15 is 0 Å². The SMILES string of the molecule is COc1ccc(Cl)cc1C(N)CSc1cccc(C)c1. The first-order valence-corrected chi connectivity index (χ1v) is 7.75. The normalized spacial score (nSPS) is 12.2. The van der Waals surface area contributed by atoms with E-state index in [1.54, 1.807) is 18.9 Å². The molecule has 20 heavy (non-hydrogen) atoms. The van der Waals surface area contributed by atoms with Crippen LogP contribution in [0.5, 0.6) is 5.75 Å². The Labute approximate surface area is 129 Å². The van der Waals surface area contributed by atoms with Crippen LogP contribution in [0.15, 0.2) is 47.4 Å². The van der Waals surface area contributed by atoms with Crippen LogP contribution in [0, 0.1) is 6.92 Å². The summed E-state index contributed by atoms with van der Waals surface area (Å²) in [6.45, 7) is 2.09. The van der Waals surface area contributed by atoms with Crippen LogP contribution in [0.4, 0.5) is 0 Å². The summed E-state index contributed by atoms with van der Waals surface area (Å²) in [5.41, 5.74) is 8.46. The number of hydrogen-bond donors (Lipinski definition) is 1. The predicted molar refractivity (Wildman–Crippen MR) is 86.8 cm³/mol. The Morgan fingerprint density at radius 2 is 2.05 bits per heavy atom. The summed E-state index contributed by atoms with van der Waals surface area (Å²) < 4.78 is 5.34. The minimum atomic E-state index is -0.117. The van der Waals surface area contributed by atoms with Gasteiger partial charge in [0.25, 0.3) is 0 Å². The molecule has 2 rings (SSSR count). The molecular formula is C16H18ClNOS. The molecule has 0 aliphatic rings. The standard InChI is InChI=1S/C16H18ClNOS/c1-11-4-3-5-13(8-11)20-10-15(18)14-9-12(17)6-7-16(14)19-2/h3-9,15H,10,18H2,1-2H3. The van der Waals surface area contributed by atoms with Crippen LogP contribution in [0.2, 0.25) is 5.02 Å². The van der Waals surface area contributed by atoms with Crippen molar-refractivity contribution in [3.63, 3.8) is 0 Å². The molecular weight excluding hydrogens is 290 g/mol. The number of hydrogen-bond acceptors (Lipinski definition) is 3. The molecule has 1 atom stereocenters. The molecule has 0 heterocycles. The molecule has 106 valence electrons. The Kier molecular flexibility index (Phi) is 5.35. The van der Waals surface area contributed by atoms with Crippen molar-refractivity contribution in [3.8, 4) is 5.75 Å². The highest BCUT2D eigenvalue weighted by molar-refractivity contribution is 7.99. The minimum Gasteiger partial charge on any atom is -0.496 e. The van der Waals surface area contributed by atoms with Gasteiger partial charge in [0.15, 0.2) is 0 Å². The first-order valence-electron chi connectivity index (χ1n) is 6.38. The third-order valence-electron chi connectivity index (χ3n) is 3.01.